The van der Waals surface area contributed by atoms with Crippen LogP contribution in [0.1, 0.15) is 42.5 Å². The topological polar surface area (TPSA) is 90.7 Å². The van der Waals surface area contributed by atoms with Crippen molar-refractivity contribution in [1.82, 2.24) is 14.5 Å². The van der Waals surface area contributed by atoms with Gasteiger partial charge in [0.05, 0.1) is 49.4 Å². The number of amides is 1. The van der Waals surface area contributed by atoms with Gasteiger partial charge in [0.2, 0.25) is 20.9 Å². The Labute approximate surface area is 228 Å². The largest absolute Gasteiger partial charge is 0.376 e. The van der Waals surface area contributed by atoms with Crippen LogP contribution in [0.25, 0.3) is 0 Å². The molecule has 3 heterocycles. The Hall–Kier alpha value is -3.08. The van der Waals surface area contributed by atoms with Crippen molar-refractivity contribution in [2.45, 2.75) is 68.3 Å². The summed E-state index contributed by atoms with van der Waals surface area (Å²) in [5.74, 6) is -0.788. The fourth-order valence-corrected chi connectivity index (χ4v) is 6.69. The highest BCUT2D eigenvalue weighted by molar-refractivity contribution is 7.90. The number of halogens is 1. The van der Waals surface area contributed by atoms with E-state index in [4.69, 9.17) is 9.47 Å². The van der Waals surface area contributed by atoms with Gasteiger partial charge in [-0.05, 0) is 48.9 Å². The summed E-state index contributed by atoms with van der Waals surface area (Å²) in [4.78, 5) is 19.6. The SMILES string of the molecule is O=C(Cc1ccccc1)N(Cc1cnc(S(=O)(=O)Cc2ccc(F)cc2)n1CC1CCCO1)CC1CCCO1. The van der Waals surface area contributed by atoms with Crippen LogP contribution in [-0.4, -0.2) is 60.7 Å². The first-order valence-electron chi connectivity index (χ1n) is 13.4. The van der Waals surface area contributed by atoms with Gasteiger partial charge in [-0.15, -0.1) is 0 Å². The summed E-state index contributed by atoms with van der Waals surface area (Å²) in [6, 6.07) is 15.0. The van der Waals surface area contributed by atoms with Crippen molar-refractivity contribution in [3.8, 4) is 0 Å². The molecule has 0 saturated carbocycles. The Morgan fingerprint density at radius 2 is 1.67 bits per heavy atom. The second-order valence-corrected chi connectivity index (χ2v) is 12.1. The number of carbonyl (C=O) groups is 1. The quantitative estimate of drug-likeness (QED) is 0.356. The van der Waals surface area contributed by atoms with Crippen LogP contribution in [0.3, 0.4) is 0 Å². The molecule has 3 aromatic rings. The molecule has 0 radical (unpaired) electrons. The minimum absolute atomic E-state index is 0.0547. The van der Waals surface area contributed by atoms with E-state index in [9.17, 15) is 17.6 Å². The Morgan fingerprint density at radius 3 is 2.33 bits per heavy atom. The first-order chi connectivity index (χ1) is 18.9. The van der Waals surface area contributed by atoms with E-state index >= 15 is 0 Å². The molecule has 0 N–H and O–H groups in total. The number of benzene rings is 2. The number of rotatable bonds is 11. The number of imidazole rings is 1. The van der Waals surface area contributed by atoms with Gasteiger partial charge in [-0.3, -0.25) is 4.79 Å². The van der Waals surface area contributed by atoms with E-state index in [2.05, 4.69) is 4.98 Å². The molecule has 208 valence electrons. The number of carbonyl (C=O) groups excluding carboxylic acids is 1. The number of hydrogen-bond acceptors (Lipinski definition) is 6. The molecule has 0 bridgehead atoms. The van der Waals surface area contributed by atoms with Crippen molar-refractivity contribution in [1.29, 1.82) is 0 Å². The van der Waals surface area contributed by atoms with Gasteiger partial charge >= 0.3 is 0 Å². The van der Waals surface area contributed by atoms with E-state index in [0.717, 1.165) is 31.2 Å². The average Bonchev–Trinajstić information content (AvgIpc) is 3.70. The summed E-state index contributed by atoms with van der Waals surface area (Å²) < 4.78 is 53.8. The van der Waals surface area contributed by atoms with E-state index in [1.807, 2.05) is 30.3 Å². The minimum atomic E-state index is -3.86. The van der Waals surface area contributed by atoms with Crippen LogP contribution in [-0.2, 0) is 49.4 Å². The summed E-state index contributed by atoms with van der Waals surface area (Å²) in [5.41, 5.74) is 2.01. The van der Waals surface area contributed by atoms with E-state index in [-0.39, 0.29) is 42.0 Å². The third-order valence-electron chi connectivity index (χ3n) is 7.21. The molecule has 39 heavy (non-hydrogen) atoms. The highest BCUT2D eigenvalue weighted by atomic mass is 32.2. The Balaban J connectivity index is 1.43. The van der Waals surface area contributed by atoms with Crippen LogP contribution in [0.15, 0.2) is 66.0 Å². The van der Waals surface area contributed by atoms with E-state index in [1.54, 1.807) is 15.7 Å². The molecule has 1 amide bonds. The monoisotopic (exact) mass is 555 g/mol. The Bertz CT molecular complexity index is 1350. The maximum atomic E-state index is 13.5. The van der Waals surface area contributed by atoms with Gasteiger partial charge in [0.15, 0.2) is 0 Å². The summed E-state index contributed by atoms with van der Waals surface area (Å²) in [7, 11) is -3.86. The third-order valence-corrected chi connectivity index (χ3v) is 8.81. The fourth-order valence-electron chi connectivity index (χ4n) is 5.18. The molecule has 2 saturated heterocycles. The smallest absolute Gasteiger partial charge is 0.228 e. The molecule has 0 spiro atoms. The summed E-state index contributed by atoms with van der Waals surface area (Å²) in [5, 5.41) is -0.0649. The number of hydrogen-bond donors (Lipinski definition) is 0. The average molecular weight is 556 g/mol. The van der Waals surface area contributed by atoms with Gasteiger partial charge in [-0.25, -0.2) is 17.8 Å². The van der Waals surface area contributed by atoms with Crippen molar-refractivity contribution in [2.75, 3.05) is 19.8 Å². The molecule has 2 fully saturated rings. The van der Waals surface area contributed by atoms with Gasteiger partial charge in [0, 0.05) is 19.8 Å². The lowest BCUT2D eigenvalue weighted by Crippen LogP contribution is -2.38. The van der Waals surface area contributed by atoms with Gasteiger partial charge < -0.3 is 18.9 Å². The molecule has 2 aromatic carbocycles. The van der Waals surface area contributed by atoms with Gasteiger partial charge in [-0.1, -0.05) is 42.5 Å². The minimum Gasteiger partial charge on any atom is -0.376 e. The Kier molecular flexibility index (Phi) is 8.74. The van der Waals surface area contributed by atoms with Crippen molar-refractivity contribution < 1.29 is 27.1 Å². The first-order valence-corrected chi connectivity index (χ1v) is 15.1. The summed E-state index contributed by atoms with van der Waals surface area (Å²) in [6.45, 7) is 2.26. The molecule has 8 nitrogen and oxygen atoms in total. The number of nitrogens with zero attached hydrogens (tertiary/aromatic N) is 3. The second kappa shape index (κ2) is 12.4. The molecular weight excluding hydrogens is 521 g/mol. The molecule has 2 aliphatic heterocycles. The van der Waals surface area contributed by atoms with Crippen molar-refractivity contribution in [3.63, 3.8) is 0 Å². The van der Waals surface area contributed by atoms with Crippen molar-refractivity contribution in [3.05, 3.63) is 83.4 Å². The molecular formula is C29H34FN3O5S. The fraction of sp³-hybridized carbons (Fsp3) is 0.448. The lowest BCUT2D eigenvalue weighted by molar-refractivity contribution is -0.132. The lowest BCUT2D eigenvalue weighted by atomic mass is 10.1. The molecule has 0 aliphatic carbocycles. The molecule has 2 unspecified atom stereocenters. The maximum absolute atomic E-state index is 13.5. The summed E-state index contributed by atoms with van der Waals surface area (Å²) >= 11 is 0. The van der Waals surface area contributed by atoms with Gasteiger partial charge in [-0.2, -0.15) is 0 Å². The van der Waals surface area contributed by atoms with E-state index < -0.39 is 15.7 Å². The van der Waals surface area contributed by atoms with Crippen molar-refractivity contribution >= 4 is 15.7 Å². The molecule has 2 atom stereocenters. The van der Waals surface area contributed by atoms with Crippen LogP contribution in [0.2, 0.25) is 0 Å². The zero-order valence-electron chi connectivity index (χ0n) is 21.9. The zero-order chi connectivity index (χ0) is 27.2. The van der Waals surface area contributed by atoms with Crippen LogP contribution >= 0.6 is 0 Å². The number of sulfone groups is 1. The molecule has 10 heteroatoms. The van der Waals surface area contributed by atoms with E-state index in [1.165, 1.54) is 24.3 Å². The highest BCUT2D eigenvalue weighted by Gasteiger charge is 2.29. The number of ether oxygens (including phenoxy) is 2. The predicted molar refractivity (Wildman–Crippen MR) is 143 cm³/mol. The van der Waals surface area contributed by atoms with Crippen LogP contribution in [0, 0.1) is 5.82 Å². The van der Waals surface area contributed by atoms with Gasteiger partial charge in [0.25, 0.3) is 0 Å². The van der Waals surface area contributed by atoms with Crippen molar-refractivity contribution in [2.24, 2.45) is 0 Å². The Morgan fingerprint density at radius 1 is 0.974 bits per heavy atom. The molecule has 2 aliphatic rings. The standard InChI is InChI=1S/C29H34FN3O5S/c30-24-12-10-23(11-13-24)21-39(35,36)29-31-17-25(33(29)20-27-9-5-15-38-27)18-32(19-26-8-4-14-37-26)28(34)16-22-6-2-1-3-7-22/h1-3,6-7,10-13,17,26-27H,4-5,8-9,14-16,18-21H2. The first kappa shape index (κ1) is 27.5. The lowest BCUT2D eigenvalue weighted by Gasteiger charge is -2.27. The third kappa shape index (κ3) is 7.12. The zero-order valence-corrected chi connectivity index (χ0v) is 22.7. The van der Waals surface area contributed by atoms with Gasteiger partial charge in [0.1, 0.15) is 5.82 Å². The normalized spacial score (nSPS) is 19.4. The highest BCUT2D eigenvalue weighted by Crippen LogP contribution is 2.24. The van der Waals surface area contributed by atoms with Crippen LogP contribution in [0.5, 0.6) is 0 Å². The summed E-state index contributed by atoms with van der Waals surface area (Å²) in [6.07, 6.45) is 5.16. The molecule has 5 rings (SSSR count). The predicted octanol–water partition coefficient (Wildman–Crippen LogP) is 3.93. The van der Waals surface area contributed by atoms with Crippen LogP contribution < -0.4 is 0 Å². The second-order valence-electron chi connectivity index (χ2n) is 10.2. The van der Waals surface area contributed by atoms with E-state index in [0.29, 0.717) is 37.6 Å². The molecule has 1 aromatic heterocycles. The van der Waals surface area contributed by atoms with Crippen LogP contribution in [0.4, 0.5) is 4.39 Å². The maximum Gasteiger partial charge on any atom is 0.228 e. The number of aromatic nitrogens is 2.